The van der Waals surface area contributed by atoms with E-state index in [4.69, 9.17) is 5.11 Å². The van der Waals surface area contributed by atoms with Crippen LogP contribution in [-0.4, -0.2) is 28.1 Å². The molecule has 0 radical (unpaired) electrons. The van der Waals surface area contributed by atoms with Crippen LogP contribution in [0.3, 0.4) is 0 Å². The van der Waals surface area contributed by atoms with Crippen molar-refractivity contribution in [2.75, 3.05) is 11.9 Å². The molecule has 0 saturated carbocycles. The van der Waals surface area contributed by atoms with E-state index >= 15 is 0 Å². The largest absolute Gasteiger partial charge is 0.476 e. The molecular weight excluding hydrogens is 218 g/mol. The number of anilines is 2. The van der Waals surface area contributed by atoms with Crippen LogP contribution in [0.25, 0.3) is 0 Å². The zero-order chi connectivity index (χ0) is 12.3. The molecule has 0 unspecified atom stereocenters. The molecule has 0 amide bonds. The van der Waals surface area contributed by atoms with Crippen molar-refractivity contribution in [3.05, 3.63) is 48.4 Å². The van der Waals surface area contributed by atoms with Gasteiger partial charge >= 0.3 is 5.97 Å². The number of carboxylic acids is 1. The van der Waals surface area contributed by atoms with Crippen LogP contribution >= 0.6 is 0 Å². The first kappa shape index (κ1) is 11.1. The van der Waals surface area contributed by atoms with Gasteiger partial charge in [0.15, 0.2) is 11.5 Å². The van der Waals surface area contributed by atoms with Crippen LogP contribution in [-0.2, 0) is 0 Å². The number of carbonyl (C=O) groups is 1. The lowest BCUT2D eigenvalue weighted by Crippen LogP contribution is -2.12. The number of hydrogen-bond donors (Lipinski definition) is 1. The van der Waals surface area contributed by atoms with E-state index in [1.54, 1.807) is 0 Å². The number of aromatic nitrogens is 2. The van der Waals surface area contributed by atoms with E-state index in [9.17, 15) is 4.79 Å². The van der Waals surface area contributed by atoms with Gasteiger partial charge < -0.3 is 10.0 Å². The minimum Gasteiger partial charge on any atom is -0.476 e. The summed E-state index contributed by atoms with van der Waals surface area (Å²) in [6.45, 7) is 0. The SMILES string of the molecule is CN(c1ccccc1)c1cnc(C(=O)O)cn1. The number of carboxylic acid groups (broad SMARTS) is 1. The van der Waals surface area contributed by atoms with E-state index in [1.807, 2.05) is 42.3 Å². The van der Waals surface area contributed by atoms with Gasteiger partial charge in [0.1, 0.15) is 0 Å². The van der Waals surface area contributed by atoms with Crippen molar-refractivity contribution in [2.45, 2.75) is 0 Å². The van der Waals surface area contributed by atoms with Crippen LogP contribution in [0.1, 0.15) is 10.5 Å². The molecule has 1 aromatic carbocycles. The van der Waals surface area contributed by atoms with E-state index in [2.05, 4.69) is 9.97 Å². The molecule has 86 valence electrons. The Balaban J connectivity index is 2.26. The maximum atomic E-state index is 10.6. The van der Waals surface area contributed by atoms with Gasteiger partial charge in [0.05, 0.1) is 12.4 Å². The highest BCUT2D eigenvalue weighted by Gasteiger charge is 2.08. The second-order valence-electron chi connectivity index (χ2n) is 3.46. The van der Waals surface area contributed by atoms with Gasteiger partial charge in [-0.3, -0.25) is 0 Å². The molecule has 1 heterocycles. The van der Waals surface area contributed by atoms with E-state index in [-0.39, 0.29) is 5.69 Å². The van der Waals surface area contributed by atoms with Gasteiger partial charge in [-0.2, -0.15) is 0 Å². The monoisotopic (exact) mass is 229 g/mol. The van der Waals surface area contributed by atoms with Gasteiger partial charge in [0.25, 0.3) is 0 Å². The lowest BCUT2D eigenvalue weighted by molar-refractivity contribution is 0.0690. The Hall–Kier alpha value is -2.43. The summed E-state index contributed by atoms with van der Waals surface area (Å²) in [6.07, 6.45) is 2.69. The van der Waals surface area contributed by atoms with Gasteiger partial charge in [0, 0.05) is 12.7 Å². The molecule has 1 N–H and O–H groups in total. The summed E-state index contributed by atoms with van der Waals surface area (Å²) < 4.78 is 0. The first-order chi connectivity index (χ1) is 8.18. The average molecular weight is 229 g/mol. The van der Waals surface area contributed by atoms with Crippen LogP contribution in [0.2, 0.25) is 0 Å². The highest BCUT2D eigenvalue weighted by atomic mass is 16.4. The third kappa shape index (κ3) is 2.39. The lowest BCUT2D eigenvalue weighted by atomic mass is 10.3. The Morgan fingerprint density at radius 2 is 1.88 bits per heavy atom. The summed E-state index contributed by atoms with van der Waals surface area (Å²) in [5, 5.41) is 8.72. The normalized spacial score (nSPS) is 9.94. The Labute approximate surface area is 98.4 Å². The average Bonchev–Trinajstić information content (AvgIpc) is 2.39. The molecule has 0 bridgehead atoms. The number of aromatic carboxylic acids is 1. The molecule has 1 aromatic heterocycles. The summed E-state index contributed by atoms with van der Waals surface area (Å²) in [5.41, 5.74) is 0.903. The molecule has 0 atom stereocenters. The molecule has 0 saturated heterocycles. The number of rotatable bonds is 3. The molecule has 0 spiro atoms. The quantitative estimate of drug-likeness (QED) is 0.871. The minimum absolute atomic E-state index is 0.0600. The molecule has 0 aliphatic heterocycles. The fourth-order valence-electron chi connectivity index (χ4n) is 1.39. The van der Waals surface area contributed by atoms with Gasteiger partial charge in [0.2, 0.25) is 0 Å². The molecule has 5 nitrogen and oxygen atoms in total. The maximum absolute atomic E-state index is 10.6. The predicted octanol–water partition coefficient (Wildman–Crippen LogP) is 1.94. The highest BCUT2D eigenvalue weighted by molar-refractivity contribution is 5.85. The van der Waals surface area contributed by atoms with Crippen LogP contribution in [0.4, 0.5) is 11.5 Å². The van der Waals surface area contributed by atoms with Gasteiger partial charge in [-0.25, -0.2) is 14.8 Å². The Bertz CT molecular complexity index is 511. The van der Waals surface area contributed by atoms with E-state index in [0.29, 0.717) is 5.82 Å². The van der Waals surface area contributed by atoms with Crippen molar-refractivity contribution in [3.63, 3.8) is 0 Å². The summed E-state index contributed by atoms with van der Waals surface area (Å²) in [7, 11) is 1.85. The first-order valence-electron chi connectivity index (χ1n) is 5.02. The van der Waals surface area contributed by atoms with Crippen LogP contribution in [0, 0.1) is 0 Å². The third-order valence-corrected chi connectivity index (χ3v) is 2.34. The predicted molar refractivity (Wildman–Crippen MR) is 63.5 cm³/mol. The summed E-state index contributed by atoms with van der Waals surface area (Å²) in [5.74, 6) is -0.479. The van der Waals surface area contributed by atoms with Crippen LogP contribution in [0.5, 0.6) is 0 Å². The van der Waals surface area contributed by atoms with Crippen molar-refractivity contribution in [2.24, 2.45) is 0 Å². The van der Waals surface area contributed by atoms with Gasteiger partial charge in [-0.05, 0) is 12.1 Å². The molecule has 5 heteroatoms. The smallest absolute Gasteiger partial charge is 0.356 e. The van der Waals surface area contributed by atoms with Crippen LogP contribution in [0.15, 0.2) is 42.7 Å². The van der Waals surface area contributed by atoms with Crippen molar-refractivity contribution < 1.29 is 9.90 Å². The Kier molecular flexibility index (Phi) is 3.00. The topological polar surface area (TPSA) is 66.3 Å². The molecule has 0 fully saturated rings. The summed E-state index contributed by atoms with van der Waals surface area (Å²) in [6, 6.07) is 9.64. The maximum Gasteiger partial charge on any atom is 0.356 e. The third-order valence-electron chi connectivity index (χ3n) is 2.34. The van der Waals surface area contributed by atoms with Crippen molar-refractivity contribution in [1.29, 1.82) is 0 Å². The molecule has 17 heavy (non-hydrogen) atoms. The lowest BCUT2D eigenvalue weighted by Gasteiger charge is -2.17. The Morgan fingerprint density at radius 3 is 2.41 bits per heavy atom. The number of benzene rings is 1. The zero-order valence-corrected chi connectivity index (χ0v) is 9.24. The minimum atomic E-state index is -1.08. The highest BCUT2D eigenvalue weighted by Crippen LogP contribution is 2.19. The first-order valence-corrected chi connectivity index (χ1v) is 5.02. The van der Waals surface area contributed by atoms with Gasteiger partial charge in [-0.15, -0.1) is 0 Å². The fraction of sp³-hybridized carbons (Fsp3) is 0.0833. The number of hydrogen-bond acceptors (Lipinski definition) is 4. The summed E-state index contributed by atoms with van der Waals surface area (Å²) in [4.78, 5) is 20.3. The zero-order valence-electron chi connectivity index (χ0n) is 9.24. The second-order valence-corrected chi connectivity index (χ2v) is 3.46. The molecule has 0 aliphatic carbocycles. The van der Waals surface area contributed by atoms with E-state index in [1.165, 1.54) is 12.4 Å². The second kappa shape index (κ2) is 4.61. The molecule has 0 aliphatic rings. The van der Waals surface area contributed by atoms with Crippen molar-refractivity contribution in [3.8, 4) is 0 Å². The van der Waals surface area contributed by atoms with Crippen LogP contribution < -0.4 is 4.90 Å². The van der Waals surface area contributed by atoms with Crippen molar-refractivity contribution in [1.82, 2.24) is 9.97 Å². The standard InChI is InChI=1S/C12H11N3O2/c1-15(9-5-3-2-4-6-9)11-8-13-10(7-14-11)12(16)17/h2-8H,1H3,(H,16,17). The Morgan fingerprint density at radius 1 is 1.18 bits per heavy atom. The van der Waals surface area contributed by atoms with Crippen molar-refractivity contribution >= 4 is 17.5 Å². The number of para-hydroxylation sites is 1. The fourth-order valence-corrected chi connectivity index (χ4v) is 1.39. The van der Waals surface area contributed by atoms with E-state index in [0.717, 1.165) is 5.69 Å². The number of nitrogens with zero attached hydrogens (tertiary/aromatic N) is 3. The molecule has 2 rings (SSSR count). The summed E-state index contributed by atoms with van der Waals surface area (Å²) >= 11 is 0. The molecular formula is C12H11N3O2. The van der Waals surface area contributed by atoms with E-state index < -0.39 is 5.97 Å². The van der Waals surface area contributed by atoms with Gasteiger partial charge in [-0.1, -0.05) is 18.2 Å². The molecule has 2 aromatic rings.